The Kier molecular flexibility index (Phi) is 13.6. The SMILES string of the molecule is CCC(=O)OC(C)Cc1ccc(F)cc1.COc1ccnc(C(N)=O)c1OC(C)=O.Cc1ccccc1. The van der Waals surface area contributed by atoms with Crippen LogP contribution in [0.5, 0.6) is 11.5 Å². The van der Waals surface area contributed by atoms with Gasteiger partial charge in [-0.05, 0) is 31.5 Å². The molecule has 8 nitrogen and oxygen atoms in total. The molecule has 3 aromatic rings. The van der Waals surface area contributed by atoms with Gasteiger partial charge in [-0.25, -0.2) is 9.37 Å². The highest BCUT2D eigenvalue weighted by atomic mass is 19.1. The van der Waals surface area contributed by atoms with Gasteiger partial charge < -0.3 is 19.9 Å². The van der Waals surface area contributed by atoms with Gasteiger partial charge >= 0.3 is 11.9 Å². The number of aryl methyl sites for hydroxylation is 1. The van der Waals surface area contributed by atoms with Crippen LogP contribution < -0.4 is 15.2 Å². The first-order valence-electron chi connectivity index (χ1n) is 11.5. The van der Waals surface area contributed by atoms with Gasteiger partial charge in [0.15, 0.2) is 11.4 Å². The molecule has 0 aliphatic carbocycles. The molecule has 198 valence electrons. The van der Waals surface area contributed by atoms with Crippen molar-refractivity contribution in [1.82, 2.24) is 4.98 Å². The maximum atomic E-state index is 12.6. The van der Waals surface area contributed by atoms with Crippen LogP contribution in [0.4, 0.5) is 4.39 Å². The monoisotopic (exact) mass is 512 g/mol. The number of amides is 1. The Hall–Kier alpha value is -4.27. The predicted octanol–water partition coefficient (Wildman–Crippen LogP) is 4.82. The van der Waals surface area contributed by atoms with E-state index in [0.29, 0.717) is 12.8 Å². The van der Waals surface area contributed by atoms with Crippen LogP contribution in [0.2, 0.25) is 0 Å². The lowest BCUT2D eigenvalue weighted by Gasteiger charge is -2.12. The molecule has 0 bridgehead atoms. The van der Waals surface area contributed by atoms with Crippen molar-refractivity contribution in [3.05, 3.63) is 89.5 Å². The lowest BCUT2D eigenvalue weighted by Crippen LogP contribution is -2.16. The summed E-state index contributed by atoms with van der Waals surface area (Å²) < 4.78 is 27.4. The number of nitrogens with two attached hydrogens (primary N) is 1. The van der Waals surface area contributed by atoms with E-state index in [1.54, 1.807) is 19.1 Å². The molecule has 0 spiro atoms. The highest BCUT2D eigenvalue weighted by molar-refractivity contribution is 5.95. The minimum Gasteiger partial charge on any atom is -0.493 e. The molecule has 1 amide bonds. The van der Waals surface area contributed by atoms with Crippen molar-refractivity contribution in [1.29, 1.82) is 0 Å². The van der Waals surface area contributed by atoms with Gasteiger partial charge in [0.25, 0.3) is 5.91 Å². The van der Waals surface area contributed by atoms with E-state index in [4.69, 9.17) is 19.9 Å². The van der Waals surface area contributed by atoms with Crippen LogP contribution in [0.3, 0.4) is 0 Å². The Morgan fingerprint density at radius 2 is 1.65 bits per heavy atom. The fourth-order valence-electron chi connectivity index (χ4n) is 2.85. The average molecular weight is 513 g/mol. The lowest BCUT2D eigenvalue weighted by molar-refractivity contribution is -0.147. The van der Waals surface area contributed by atoms with E-state index in [1.807, 2.05) is 25.1 Å². The number of aromatic nitrogens is 1. The summed E-state index contributed by atoms with van der Waals surface area (Å²) in [6.45, 7) is 6.88. The molecule has 3 rings (SSSR count). The van der Waals surface area contributed by atoms with E-state index in [0.717, 1.165) is 5.56 Å². The van der Waals surface area contributed by atoms with Gasteiger partial charge in [-0.3, -0.25) is 14.4 Å². The third kappa shape index (κ3) is 12.3. The molecule has 1 aromatic heterocycles. The zero-order chi connectivity index (χ0) is 27.8. The Balaban J connectivity index is 0.000000295. The minimum atomic E-state index is -0.787. The second-order valence-electron chi connectivity index (χ2n) is 7.79. The van der Waals surface area contributed by atoms with Gasteiger partial charge in [-0.15, -0.1) is 0 Å². The normalized spacial score (nSPS) is 10.4. The topological polar surface area (TPSA) is 118 Å². The van der Waals surface area contributed by atoms with Crippen molar-refractivity contribution in [3.8, 4) is 11.5 Å². The third-order valence-corrected chi connectivity index (χ3v) is 4.57. The smallest absolute Gasteiger partial charge is 0.308 e. The highest BCUT2D eigenvalue weighted by Gasteiger charge is 2.18. The molecule has 0 aliphatic heterocycles. The van der Waals surface area contributed by atoms with Gasteiger partial charge in [0.05, 0.1) is 7.11 Å². The van der Waals surface area contributed by atoms with Gasteiger partial charge in [-0.2, -0.15) is 0 Å². The summed E-state index contributed by atoms with van der Waals surface area (Å²) in [6.07, 6.45) is 2.18. The van der Waals surface area contributed by atoms with Gasteiger partial charge in [0.1, 0.15) is 11.9 Å². The number of rotatable bonds is 7. The van der Waals surface area contributed by atoms with Crippen LogP contribution in [0.25, 0.3) is 0 Å². The number of esters is 2. The molecule has 0 fully saturated rings. The van der Waals surface area contributed by atoms with Gasteiger partial charge in [0, 0.05) is 32.0 Å². The fourth-order valence-corrected chi connectivity index (χ4v) is 2.85. The van der Waals surface area contributed by atoms with E-state index >= 15 is 0 Å². The molecular weight excluding hydrogens is 479 g/mol. The molecular formula is C28H33FN2O6. The third-order valence-electron chi connectivity index (χ3n) is 4.57. The number of halogens is 1. The number of pyridine rings is 1. The van der Waals surface area contributed by atoms with Crippen LogP contribution in [-0.2, 0) is 20.7 Å². The Morgan fingerprint density at radius 3 is 2.11 bits per heavy atom. The summed E-state index contributed by atoms with van der Waals surface area (Å²) in [4.78, 5) is 36.5. The molecule has 37 heavy (non-hydrogen) atoms. The van der Waals surface area contributed by atoms with Gasteiger partial charge in [-0.1, -0.05) is 55.0 Å². The Labute approximate surface area is 216 Å². The van der Waals surface area contributed by atoms with Gasteiger partial charge in [0.2, 0.25) is 5.75 Å². The summed E-state index contributed by atoms with van der Waals surface area (Å²) in [5, 5.41) is 0. The number of hydrogen-bond acceptors (Lipinski definition) is 7. The fraction of sp³-hybridized carbons (Fsp3) is 0.286. The number of methoxy groups -OCH3 is 1. The summed E-state index contributed by atoms with van der Waals surface area (Å²) in [5.41, 5.74) is 7.22. The molecule has 9 heteroatoms. The summed E-state index contributed by atoms with van der Waals surface area (Å²) in [6, 6.07) is 17.9. The largest absolute Gasteiger partial charge is 0.493 e. The molecule has 1 unspecified atom stereocenters. The number of carbonyl (C=O) groups is 3. The number of ether oxygens (including phenoxy) is 3. The minimum absolute atomic E-state index is 0.0556. The quantitative estimate of drug-likeness (QED) is 0.451. The van der Waals surface area contributed by atoms with Crippen molar-refractivity contribution >= 4 is 17.8 Å². The second kappa shape index (κ2) is 16.4. The number of benzene rings is 2. The zero-order valence-electron chi connectivity index (χ0n) is 21.7. The standard InChI is InChI=1S/C12H15FO2.C9H10N2O4.C7H8/c1-3-12(14)15-9(2)8-10-4-6-11(13)7-5-10;1-5(12)15-8-6(14-2)3-4-11-7(8)9(10)13;1-7-5-3-2-4-6-7/h4-7,9H,3,8H2,1-2H3;3-4H,1-2H3,(H2,10,13);2-6H,1H3. The van der Waals surface area contributed by atoms with Crippen LogP contribution in [0.1, 0.15) is 48.8 Å². The predicted molar refractivity (Wildman–Crippen MR) is 138 cm³/mol. The van der Waals surface area contributed by atoms with Crippen molar-refractivity contribution in [2.75, 3.05) is 7.11 Å². The van der Waals surface area contributed by atoms with E-state index < -0.39 is 11.9 Å². The lowest BCUT2D eigenvalue weighted by atomic mass is 10.1. The number of carbonyl (C=O) groups excluding carboxylic acids is 3. The summed E-state index contributed by atoms with van der Waals surface area (Å²) in [5.74, 6) is -1.65. The number of primary amides is 1. The Morgan fingerprint density at radius 1 is 1.03 bits per heavy atom. The molecule has 2 N–H and O–H groups in total. The van der Waals surface area contributed by atoms with Crippen molar-refractivity contribution in [2.24, 2.45) is 5.73 Å². The summed E-state index contributed by atoms with van der Waals surface area (Å²) in [7, 11) is 1.38. The second-order valence-corrected chi connectivity index (χ2v) is 7.79. The molecule has 2 aromatic carbocycles. The molecule has 0 saturated carbocycles. The average Bonchev–Trinajstić information content (AvgIpc) is 2.86. The number of hydrogen-bond donors (Lipinski definition) is 1. The zero-order valence-corrected chi connectivity index (χ0v) is 21.7. The van der Waals surface area contributed by atoms with Crippen molar-refractivity contribution in [2.45, 2.75) is 46.6 Å². The van der Waals surface area contributed by atoms with E-state index in [9.17, 15) is 18.8 Å². The maximum Gasteiger partial charge on any atom is 0.308 e. The molecule has 1 heterocycles. The molecule has 0 aliphatic rings. The highest BCUT2D eigenvalue weighted by Crippen LogP contribution is 2.29. The summed E-state index contributed by atoms with van der Waals surface area (Å²) >= 11 is 0. The molecule has 1 atom stereocenters. The van der Waals surface area contributed by atoms with Crippen LogP contribution >= 0.6 is 0 Å². The molecule has 0 radical (unpaired) electrons. The molecule has 0 saturated heterocycles. The van der Waals surface area contributed by atoms with E-state index in [-0.39, 0.29) is 35.1 Å². The first-order chi connectivity index (χ1) is 17.6. The maximum absolute atomic E-state index is 12.6. The van der Waals surface area contributed by atoms with E-state index in [1.165, 1.54) is 44.0 Å². The van der Waals surface area contributed by atoms with Crippen molar-refractivity contribution < 1.29 is 33.0 Å². The van der Waals surface area contributed by atoms with Crippen molar-refractivity contribution in [3.63, 3.8) is 0 Å². The van der Waals surface area contributed by atoms with E-state index in [2.05, 4.69) is 24.0 Å². The Bertz CT molecular complexity index is 1140. The van der Waals surface area contributed by atoms with Crippen LogP contribution in [0.15, 0.2) is 66.9 Å². The van der Waals surface area contributed by atoms with Crippen LogP contribution in [0, 0.1) is 12.7 Å². The first-order valence-corrected chi connectivity index (χ1v) is 11.5. The number of nitrogens with zero attached hydrogens (tertiary/aromatic N) is 1. The first kappa shape index (κ1) is 30.8. The van der Waals surface area contributed by atoms with Crippen LogP contribution in [-0.4, -0.2) is 36.0 Å².